The van der Waals surface area contributed by atoms with Crippen molar-refractivity contribution in [2.24, 2.45) is 5.92 Å². The zero-order valence-corrected chi connectivity index (χ0v) is 16.6. The first-order valence-corrected chi connectivity index (χ1v) is 9.95. The smallest absolute Gasteiger partial charge is 0.303 e. The molecule has 1 rings (SSSR count). The van der Waals surface area contributed by atoms with E-state index in [1.807, 2.05) is 0 Å². The standard InChI is InChI=1S/C16H26O9S/c1-8(2)7-26(20,21)16-15(25-12(6)19)14(24-11(5)18)13(9(3)22-16)23-10(4)17/h8-9,13-16H,7H2,1-6H3. The Morgan fingerprint density at radius 2 is 1.31 bits per heavy atom. The summed E-state index contributed by atoms with van der Waals surface area (Å²) < 4.78 is 46.5. The molecule has 9 nitrogen and oxygen atoms in total. The highest BCUT2D eigenvalue weighted by molar-refractivity contribution is 7.91. The second-order valence-electron chi connectivity index (χ2n) is 6.66. The number of sulfone groups is 1. The van der Waals surface area contributed by atoms with Crippen molar-refractivity contribution in [1.82, 2.24) is 0 Å². The molecule has 1 heterocycles. The van der Waals surface area contributed by atoms with Gasteiger partial charge in [-0.15, -0.1) is 0 Å². The lowest BCUT2D eigenvalue weighted by atomic mass is 10.00. The van der Waals surface area contributed by atoms with E-state index in [1.165, 1.54) is 6.92 Å². The lowest BCUT2D eigenvalue weighted by molar-refractivity contribution is -0.230. The highest BCUT2D eigenvalue weighted by Gasteiger charge is 2.54. The summed E-state index contributed by atoms with van der Waals surface area (Å²) in [4.78, 5) is 34.4. The molecular weight excluding hydrogens is 368 g/mol. The van der Waals surface area contributed by atoms with Gasteiger partial charge in [0.15, 0.2) is 33.6 Å². The fourth-order valence-corrected chi connectivity index (χ4v) is 4.90. The van der Waals surface area contributed by atoms with E-state index in [0.29, 0.717) is 0 Å². The first-order valence-electron chi connectivity index (χ1n) is 8.23. The SMILES string of the molecule is CC(=O)OC1C(C)OC(S(=O)(=O)CC(C)C)C(OC(C)=O)C1OC(C)=O. The fourth-order valence-electron chi connectivity index (χ4n) is 2.82. The van der Waals surface area contributed by atoms with Gasteiger partial charge in [-0.2, -0.15) is 0 Å². The molecule has 1 fully saturated rings. The van der Waals surface area contributed by atoms with Gasteiger partial charge in [0.2, 0.25) is 0 Å². The van der Waals surface area contributed by atoms with E-state index < -0.39 is 57.6 Å². The molecule has 1 saturated heterocycles. The number of hydrogen-bond acceptors (Lipinski definition) is 9. The lowest BCUT2D eigenvalue weighted by Gasteiger charge is -2.43. The van der Waals surface area contributed by atoms with Gasteiger partial charge in [0, 0.05) is 20.8 Å². The third-order valence-corrected chi connectivity index (χ3v) is 5.77. The number of carbonyl (C=O) groups excluding carboxylic acids is 3. The molecular formula is C16H26O9S. The summed E-state index contributed by atoms with van der Waals surface area (Å²) in [5.74, 6) is -2.61. The molecule has 0 radical (unpaired) electrons. The minimum Gasteiger partial charge on any atom is -0.456 e. The zero-order valence-electron chi connectivity index (χ0n) is 15.8. The van der Waals surface area contributed by atoms with Crippen LogP contribution in [0.1, 0.15) is 41.5 Å². The van der Waals surface area contributed by atoms with Gasteiger partial charge < -0.3 is 18.9 Å². The Kier molecular flexibility index (Phi) is 7.57. The van der Waals surface area contributed by atoms with Crippen LogP contribution in [0.4, 0.5) is 0 Å². The Morgan fingerprint density at radius 3 is 1.73 bits per heavy atom. The van der Waals surface area contributed by atoms with Crippen molar-refractivity contribution in [2.75, 3.05) is 5.75 Å². The van der Waals surface area contributed by atoms with E-state index >= 15 is 0 Å². The van der Waals surface area contributed by atoms with E-state index in [1.54, 1.807) is 13.8 Å². The average Bonchev–Trinajstić information content (AvgIpc) is 2.42. The topological polar surface area (TPSA) is 122 Å². The van der Waals surface area contributed by atoms with Crippen molar-refractivity contribution in [3.63, 3.8) is 0 Å². The summed E-state index contributed by atoms with van der Waals surface area (Å²) in [6.07, 6.45) is -4.79. The molecule has 0 aliphatic carbocycles. The molecule has 1 aliphatic rings. The predicted molar refractivity (Wildman–Crippen MR) is 89.6 cm³/mol. The quantitative estimate of drug-likeness (QED) is 0.470. The Bertz CT molecular complexity index is 640. The molecule has 0 amide bonds. The molecule has 5 unspecified atom stereocenters. The van der Waals surface area contributed by atoms with Crippen LogP contribution in [0.3, 0.4) is 0 Å². The number of rotatable bonds is 6. The van der Waals surface area contributed by atoms with Gasteiger partial charge in [-0.1, -0.05) is 13.8 Å². The summed E-state index contributed by atoms with van der Waals surface area (Å²) >= 11 is 0. The molecule has 1 aliphatic heterocycles. The van der Waals surface area contributed by atoms with Crippen LogP contribution in [-0.4, -0.2) is 61.9 Å². The van der Waals surface area contributed by atoms with Gasteiger partial charge in [0.05, 0.1) is 11.9 Å². The van der Waals surface area contributed by atoms with Gasteiger partial charge >= 0.3 is 17.9 Å². The second kappa shape index (κ2) is 8.81. The summed E-state index contributed by atoms with van der Waals surface area (Å²) in [6.45, 7) is 8.29. The highest BCUT2D eigenvalue weighted by Crippen LogP contribution is 2.32. The number of hydrogen-bond donors (Lipinski definition) is 0. The predicted octanol–water partition coefficient (Wildman–Crippen LogP) is 0.597. The van der Waals surface area contributed by atoms with Crippen LogP contribution in [0.2, 0.25) is 0 Å². The molecule has 0 bridgehead atoms. The van der Waals surface area contributed by atoms with Crippen molar-refractivity contribution >= 4 is 27.7 Å². The van der Waals surface area contributed by atoms with E-state index in [4.69, 9.17) is 18.9 Å². The fraction of sp³-hybridized carbons (Fsp3) is 0.812. The monoisotopic (exact) mass is 394 g/mol. The Hall–Kier alpha value is -1.68. The molecule has 150 valence electrons. The van der Waals surface area contributed by atoms with Crippen molar-refractivity contribution < 1.29 is 41.7 Å². The van der Waals surface area contributed by atoms with Crippen LogP contribution in [0, 0.1) is 5.92 Å². The Balaban J connectivity index is 3.36. The molecule has 26 heavy (non-hydrogen) atoms. The van der Waals surface area contributed by atoms with Gasteiger partial charge in [-0.05, 0) is 12.8 Å². The summed E-state index contributed by atoms with van der Waals surface area (Å²) in [6, 6.07) is 0. The largest absolute Gasteiger partial charge is 0.456 e. The van der Waals surface area contributed by atoms with E-state index in [0.717, 1.165) is 20.8 Å². The molecule has 0 N–H and O–H groups in total. The van der Waals surface area contributed by atoms with Gasteiger partial charge in [-0.3, -0.25) is 14.4 Å². The van der Waals surface area contributed by atoms with E-state index in [9.17, 15) is 22.8 Å². The van der Waals surface area contributed by atoms with E-state index in [-0.39, 0.29) is 11.7 Å². The third kappa shape index (κ3) is 5.94. The first kappa shape index (κ1) is 22.4. The lowest BCUT2D eigenvalue weighted by Crippen LogP contribution is -2.62. The Labute approximate surface area is 153 Å². The zero-order chi connectivity index (χ0) is 20.2. The molecule has 0 saturated carbocycles. The van der Waals surface area contributed by atoms with Crippen LogP contribution in [0.15, 0.2) is 0 Å². The average molecular weight is 394 g/mol. The van der Waals surface area contributed by atoms with Crippen molar-refractivity contribution in [1.29, 1.82) is 0 Å². The summed E-state index contributed by atoms with van der Waals surface area (Å²) in [7, 11) is -3.86. The van der Waals surface area contributed by atoms with Crippen LogP contribution in [0.25, 0.3) is 0 Å². The number of esters is 3. The van der Waals surface area contributed by atoms with Gasteiger partial charge in [0.25, 0.3) is 0 Å². The summed E-state index contributed by atoms with van der Waals surface area (Å²) in [5.41, 5.74) is -1.54. The number of carbonyl (C=O) groups is 3. The van der Waals surface area contributed by atoms with Crippen LogP contribution in [0.5, 0.6) is 0 Å². The van der Waals surface area contributed by atoms with Gasteiger partial charge in [0.1, 0.15) is 0 Å². The minimum absolute atomic E-state index is 0.199. The molecule has 0 spiro atoms. The number of ether oxygens (including phenoxy) is 4. The van der Waals surface area contributed by atoms with Crippen molar-refractivity contribution in [2.45, 2.75) is 71.4 Å². The normalized spacial score (nSPS) is 29.1. The van der Waals surface area contributed by atoms with Crippen molar-refractivity contribution in [3.8, 4) is 0 Å². The van der Waals surface area contributed by atoms with Gasteiger partial charge in [-0.25, -0.2) is 8.42 Å². The second-order valence-corrected chi connectivity index (χ2v) is 8.78. The highest BCUT2D eigenvalue weighted by atomic mass is 32.2. The molecule has 10 heteroatoms. The minimum atomic E-state index is -3.86. The maximum absolute atomic E-state index is 12.7. The summed E-state index contributed by atoms with van der Waals surface area (Å²) in [5, 5.41) is 0. The van der Waals surface area contributed by atoms with Crippen LogP contribution in [-0.2, 0) is 43.2 Å². The maximum atomic E-state index is 12.7. The first-order chi connectivity index (χ1) is 11.8. The molecule has 0 aromatic rings. The van der Waals surface area contributed by atoms with Crippen LogP contribution >= 0.6 is 0 Å². The van der Waals surface area contributed by atoms with Crippen molar-refractivity contribution in [3.05, 3.63) is 0 Å². The Morgan fingerprint density at radius 1 is 0.885 bits per heavy atom. The molecule has 5 atom stereocenters. The van der Waals surface area contributed by atoms with Crippen LogP contribution < -0.4 is 0 Å². The maximum Gasteiger partial charge on any atom is 0.303 e. The van der Waals surface area contributed by atoms with E-state index in [2.05, 4.69) is 0 Å². The third-order valence-electron chi connectivity index (χ3n) is 3.55. The molecule has 0 aromatic heterocycles. The molecule has 0 aromatic carbocycles.